The van der Waals surface area contributed by atoms with E-state index in [4.69, 9.17) is 4.74 Å². The standard InChI is InChI=1S/C26H29N5O3S/c1-3-34-22-7-5-4-6-19(22)18(2)14-24(32)29-26-21(15-27)20-8-12-31(16-23(20)35-26)25(33)9-11-30-13-10-28-17-30/h4-7,10,13,17-18H,3,8-9,11-12,14,16H2,1-2H3,(H,29,32)/t18-/m0/s1. The van der Waals surface area contributed by atoms with E-state index in [1.807, 2.05) is 53.8 Å². The van der Waals surface area contributed by atoms with Crippen LogP contribution in [-0.4, -0.2) is 39.4 Å². The molecular formula is C26H29N5O3S. The number of aromatic nitrogens is 2. The van der Waals surface area contributed by atoms with Gasteiger partial charge in [-0.25, -0.2) is 4.98 Å². The van der Waals surface area contributed by atoms with Crippen molar-refractivity contribution < 1.29 is 14.3 Å². The van der Waals surface area contributed by atoms with Gasteiger partial charge in [-0.2, -0.15) is 5.26 Å². The van der Waals surface area contributed by atoms with Crippen LogP contribution in [0.5, 0.6) is 5.75 Å². The summed E-state index contributed by atoms with van der Waals surface area (Å²) >= 11 is 1.40. The first-order valence-electron chi connectivity index (χ1n) is 11.8. The Morgan fingerprint density at radius 1 is 1.34 bits per heavy atom. The third-order valence-corrected chi connectivity index (χ3v) is 7.29. The van der Waals surface area contributed by atoms with Crippen molar-refractivity contribution >= 4 is 28.2 Å². The number of para-hydroxylation sites is 1. The van der Waals surface area contributed by atoms with Crippen molar-refractivity contribution in [1.82, 2.24) is 14.5 Å². The number of hydrogen-bond donors (Lipinski definition) is 1. The maximum absolute atomic E-state index is 12.9. The average molecular weight is 492 g/mol. The maximum Gasteiger partial charge on any atom is 0.225 e. The summed E-state index contributed by atoms with van der Waals surface area (Å²) < 4.78 is 7.59. The van der Waals surface area contributed by atoms with E-state index in [9.17, 15) is 14.9 Å². The van der Waals surface area contributed by atoms with Gasteiger partial charge in [0, 0.05) is 43.2 Å². The molecule has 0 saturated carbocycles. The van der Waals surface area contributed by atoms with Gasteiger partial charge in [0.2, 0.25) is 11.8 Å². The van der Waals surface area contributed by atoms with Crippen molar-refractivity contribution in [2.24, 2.45) is 0 Å². The van der Waals surface area contributed by atoms with Crippen molar-refractivity contribution in [3.8, 4) is 11.8 Å². The molecule has 182 valence electrons. The third kappa shape index (κ3) is 5.72. The van der Waals surface area contributed by atoms with Crippen molar-refractivity contribution in [1.29, 1.82) is 5.26 Å². The summed E-state index contributed by atoms with van der Waals surface area (Å²) in [5.74, 6) is 0.676. The summed E-state index contributed by atoms with van der Waals surface area (Å²) in [4.78, 5) is 32.4. The van der Waals surface area contributed by atoms with Crippen LogP contribution in [0.2, 0.25) is 0 Å². The van der Waals surface area contributed by atoms with Gasteiger partial charge < -0.3 is 19.5 Å². The quantitative estimate of drug-likeness (QED) is 0.480. The molecule has 0 unspecified atom stereocenters. The van der Waals surface area contributed by atoms with Crippen molar-refractivity contribution in [3.05, 3.63) is 64.6 Å². The summed E-state index contributed by atoms with van der Waals surface area (Å²) in [5, 5.41) is 13.3. The lowest BCUT2D eigenvalue weighted by atomic mass is 9.96. The lowest BCUT2D eigenvalue weighted by Crippen LogP contribution is -2.35. The van der Waals surface area contributed by atoms with Crippen molar-refractivity contribution in [3.63, 3.8) is 0 Å². The Bertz CT molecular complexity index is 1230. The lowest BCUT2D eigenvalue weighted by Gasteiger charge is -2.27. The van der Waals surface area contributed by atoms with Gasteiger partial charge in [0.25, 0.3) is 0 Å². The number of ether oxygens (including phenoxy) is 1. The van der Waals surface area contributed by atoms with E-state index in [1.54, 1.807) is 12.5 Å². The number of nitrogens with zero attached hydrogens (tertiary/aromatic N) is 4. The zero-order valence-electron chi connectivity index (χ0n) is 20.0. The number of aryl methyl sites for hydroxylation is 1. The minimum absolute atomic E-state index is 0.0403. The minimum Gasteiger partial charge on any atom is -0.494 e. The van der Waals surface area contributed by atoms with Crippen molar-refractivity contribution in [2.45, 2.75) is 52.1 Å². The summed E-state index contributed by atoms with van der Waals surface area (Å²) in [6.45, 7) is 6.11. The molecule has 0 saturated heterocycles. The second-order valence-electron chi connectivity index (χ2n) is 8.56. The highest BCUT2D eigenvalue weighted by Gasteiger charge is 2.27. The van der Waals surface area contributed by atoms with Crippen LogP contribution in [0.25, 0.3) is 0 Å². The fraction of sp³-hybridized carbons (Fsp3) is 0.385. The van der Waals surface area contributed by atoms with E-state index in [2.05, 4.69) is 16.4 Å². The molecule has 35 heavy (non-hydrogen) atoms. The molecule has 1 aliphatic heterocycles. The number of amides is 2. The number of fused-ring (bicyclic) bond motifs is 1. The summed E-state index contributed by atoms with van der Waals surface area (Å²) in [5.41, 5.74) is 2.45. The minimum atomic E-state index is -0.146. The number of imidazole rings is 1. The number of nitriles is 1. The number of anilines is 1. The zero-order valence-corrected chi connectivity index (χ0v) is 20.8. The number of nitrogens with one attached hydrogen (secondary N) is 1. The molecule has 2 aromatic heterocycles. The van der Waals surface area contributed by atoms with E-state index in [0.29, 0.717) is 49.6 Å². The third-order valence-electron chi connectivity index (χ3n) is 6.16. The first kappa shape index (κ1) is 24.5. The van der Waals surface area contributed by atoms with E-state index in [-0.39, 0.29) is 24.2 Å². The average Bonchev–Trinajstić information content (AvgIpc) is 3.49. The first-order valence-corrected chi connectivity index (χ1v) is 12.6. The molecule has 1 atom stereocenters. The van der Waals surface area contributed by atoms with Gasteiger partial charge >= 0.3 is 0 Å². The molecule has 4 rings (SSSR count). The van der Waals surface area contributed by atoms with Crippen LogP contribution in [0.3, 0.4) is 0 Å². The van der Waals surface area contributed by atoms with Crippen LogP contribution in [0.4, 0.5) is 5.00 Å². The molecule has 0 spiro atoms. The molecule has 1 aromatic carbocycles. The molecule has 1 aliphatic rings. The SMILES string of the molecule is CCOc1ccccc1[C@@H](C)CC(=O)Nc1sc2c(c1C#N)CCN(C(=O)CCn1ccnc1)C2. The normalized spacial score (nSPS) is 13.6. The van der Waals surface area contributed by atoms with Crippen LogP contribution >= 0.6 is 11.3 Å². The molecule has 8 nitrogen and oxygen atoms in total. The number of carbonyl (C=O) groups is 2. The van der Waals surface area contributed by atoms with Crippen LogP contribution in [0, 0.1) is 11.3 Å². The number of carbonyl (C=O) groups excluding carboxylic acids is 2. The predicted octanol–water partition coefficient (Wildman–Crippen LogP) is 4.32. The highest BCUT2D eigenvalue weighted by molar-refractivity contribution is 7.16. The molecule has 0 aliphatic carbocycles. The first-order chi connectivity index (χ1) is 17.0. The Hall–Kier alpha value is -3.64. The van der Waals surface area contributed by atoms with E-state index in [1.165, 1.54) is 11.3 Å². The lowest BCUT2D eigenvalue weighted by molar-refractivity contribution is -0.132. The highest BCUT2D eigenvalue weighted by atomic mass is 32.1. The Balaban J connectivity index is 1.40. The largest absolute Gasteiger partial charge is 0.494 e. The summed E-state index contributed by atoms with van der Waals surface area (Å²) in [7, 11) is 0. The van der Waals surface area contributed by atoms with Gasteiger partial charge in [-0.3, -0.25) is 9.59 Å². The van der Waals surface area contributed by atoms with Gasteiger partial charge in [-0.1, -0.05) is 25.1 Å². The van der Waals surface area contributed by atoms with Gasteiger partial charge in [0.15, 0.2) is 0 Å². The maximum atomic E-state index is 12.9. The number of thiophene rings is 1. The molecule has 0 bridgehead atoms. The molecule has 1 N–H and O–H groups in total. The zero-order chi connectivity index (χ0) is 24.8. The van der Waals surface area contributed by atoms with Crippen LogP contribution in [-0.2, 0) is 29.1 Å². The molecule has 9 heteroatoms. The topological polar surface area (TPSA) is 100 Å². The second-order valence-corrected chi connectivity index (χ2v) is 9.66. The van der Waals surface area contributed by atoms with Gasteiger partial charge in [0.1, 0.15) is 16.8 Å². The van der Waals surface area contributed by atoms with Crippen LogP contribution in [0.15, 0.2) is 43.0 Å². The Morgan fingerprint density at radius 2 is 2.17 bits per heavy atom. The smallest absolute Gasteiger partial charge is 0.225 e. The number of rotatable bonds is 9. The molecule has 3 heterocycles. The fourth-order valence-corrected chi connectivity index (χ4v) is 5.59. The molecule has 2 amide bonds. The van der Waals surface area contributed by atoms with Gasteiger partial charge in [-0.15, -0.1) is 11.3 Å². The van der Waals surface area contributed by atoms with E-state index in [0.717, 1.165) is 21.8 Å². The summed E-state index contributed by atoms with van der Waals surface area (Å²) in [6, 6.07) is 10.0. The van der Waals surface area contributed by atoms with E-state index >= 15 is 0 Å². The van der Waals surface area contributed by atoms with E-state index < -0.39 is 0 Å². The molecule has 3 aromatic rings. The fourth-order valence-electron chi connectivity index (χ4n) is 4.36. The van der Waals surface area contributed by atoms with Crippen molar-refractivity contribution in [2.75, 3.05) is 18.5 Å². The van der Waals surface area contributed by atoms with Gasteiger partial charge in [-0.05, 0) is 36.5 Å². The molecule has 0 radical (unpaired) electrons. The highest BCUT2D eigenvalue weighted by Crippen LogP contribution is 2.37. The monoisotopic (exact) mass is 491 g/mol. The second kappa shape index (κ2) is 11.2. The van der Waals surface area contributed by atoms with Crippen LogP contribution < -0.4 is 10.1 Å². The molecular weight excluding hydrogens is 462 g/mol. The number of benzene rings is 1. The predicted molar refractivity (Wildman–Crippen MR) is 134 cm³/mol. The Labute approximate surface area is 209 Å². The Kier molecular flexibility index (Phi) is 7.83. The number of hydrogen-bond acceptors (Lipinski definition) is 6. The summed E-state index contributed by atoms with van der Waals surface area (Å²) in [6.07, 6.45) is 6.51. The molecule has 0 fully saturated rings. The van der Waals surface area contributed by atoms with Gasteiger partial charge in [0.05, 0.1) is 25.0 Å². The van der Waals surface area contributed by atoms with Crippen LogP contribution in [0.1, 0.15) is 54.2 Å². The Morgan fingerprint density at radius 3 is 2.91 bits per heavy atom.